The van der Waals surface area contributed by atoms with E-state index in [4.69, 9.17) is 4.98 Å². The third kappa shape index (κ3) is 6.71. The lowest BCUT2D eigenvalue weighted by atomic mass is 10.0. The zero-order chi connectivity index (χ0) is 43.4. The maximum absolute atomic E-state index is 5.06. The van der Waals surface area contributed by atoms with Crippen LogP contribution in [0, 0.1) is 13.8 Å². The van der Waals surface area contributed by atoms with Crippen molar-refractivity contribution >= 4 is 60.7 Å². The Morgan fingerprint density at radius 3 is 1.22 bits per heavy atom. The SMILES string of the molecule is Cc1ccc(N(c2ccc(C)cc2)c2ccc(-n3c4ccccc4c4cc(-c5ccc6c(c5)c5ccccc5n6-c5cc(-c6ccccn6)nc(-c6ccccn6)c5)ccc43)cc2)cc1. The molecule has 0 radical (unpaired) electrons. The van der Waals surface area contributed by atoms with Crippen molar-refractivity contribution in [3.63, 3.8) is 0 Å². The van der Waals surface area contributed by atoms with E-state index in [1.54, 1.807) is 0 Å². The Bertz CT molecular complexity index is 3600. The first-order chi connectivity index (χ1) is 32.0. The van der Waals surface area contributed by atoms with Gasteiger partial charge in [0.25, 0.3) is 0 Å². The summed E-state index contributed by atoms with van der Waals surface area (Å²) in [6, 6.07) is 73.8. The van der Waals surface area contributed by atoms with Gasteiger partial charge in [-0.15, -0.1) is 0 Å². The first kappa shape index (κ1) is 38.1. The second-order valence-electron chi connectivity index (χ2n) is 16.7. The van der Waals surface area contributed by atoms with Crippen molar-refractivity contribution in [1.29, 1.82) is 0 Å². The predicted octanol–water partition coefficient (Wildman–Crippen LogP) is 15.2. The van der Waals surface area contributed by atoms with Crippen LogP contribution in [0.3, 0.4) is 0 Å². The monoisotopic (exact) mass is 834 g/mol. The smallest absolute Gasteiger partial charge is 0.0915 e. The summed E-state index contributed by atoms with van der Waals surface area (Å²) in [6.45, 7) is 4.26. The van der Waals surface area contributed by atoms with E-state index in [0.29, 0.717) is 0 Å². The number of anilines is 3. The first-order valence-corrected chi connectivity index (χ1v) is 22.0. The molecule has 0 aliphatic carbocycles. The summed E-state index contributed by atoms with van der Waals surface area (Å²) in [5.74, 6) is 0. The van der Waals surface area contributed by atoms with Crippen LogP contribution in [0.15, 0.2) is 219 Å². The van der Waals surface area contributed by atoms with Gasteiger partial charge in [-0.3, -0.25) is 9.97 Å². The average molecular weight is 835 g/mol. The molecular weight excluding hydrogens is 793 g/mol. The van der Waals surface area contributed by atoms with Gasteiger partial charge in [-0.2, -0.15) is 0 Å². The van der Waals surface area contributed by atoms with Crippen LogP contribution >= 0.6 is 0 Å². The number of hydrogen-bond donors (Lipinski definition) is 0. The molecule has 0 N–H and O–H groups in total. The van der Waals surface area contributed by atoms with Crippen LogP contribution in [-0.2, 0) is 0 Å². The van der Waals surface area contributed by atoms with Crippen LogP contribution in [0.4, 0.5) is 17.1 Å². The minimum atomic E-state index is 0.793. The van der Waals surface area contributed by atoms with Crippen LogP contribution in [0.5, 0.6) is 0 Å². The first-order valence-electron chi connectivity index (χ1n) is 22.0. The molecule has 5 aromatic heterocycles. The lowest BCUT2D eigenvalue weighted by Crippen LogP contribution is -2.10. The van der Waals surface area contributed by atoms with Crippen molar-refractivity contribution < 1.29 is 0 Å². The number of pyridine rings is 3. The van der Waals surface area contributed by atoms with Gasteiger partial charge in [0.1, 0.15) is 0 Å². The fourth-order valence-corrected chi connectivity index (χ4v) is 9.38. The molecular formula is C59H42N6. The Morgan fingerprint density at radius 2 is 0.754 bits per heavy atom. The summed E-state index contributed by atoms with van der Waals surface area (Å²) >= 11 is 0. The maximum atomic E-state index is 5.06. The second kappa shape index (κ2) is 15.6. The summed E-state index contributed by atoms with van der Waals surface area (Å²) < 4.78 is 4.74. The van der Waals surface area contributed by atoms with Crippen molar-refractivity contribution in [3.8, 4) is 45.3 Å². The molecule has 0 amide bonds. The van der Waals surface area contributed by atoms with Crippen LogP contribution in [0.25, 0.3) is 88.9 Å². The summed E-state index contributed by atoms with van der Waals surface area (Å²) in [4.78, 5) is 16.7. The van der Waals surface area contributed by atoms with Crippen LogP contribution in [0.2, 0.25) is 0 Å². The van der Waals surface area contributed by atoms with E-state index in [9.17, 15) is 0 Å². The molecule has 0 atom stereocenters. The summed E-state index contributed by atoms with van der Waals surface area (Å²) in [5.41, 5.74) is 18.1. The summed E-state index contributed by atoms with van der Waals surface area (Å²) in [6.07, 6.45) is 3.62. The van der Waals surface area contributed by atoms with E-state index in [1.807, 2.05) is 48.8 Å². The molecule has 12 rings (SSSR count). The topological polar surface area (TPSA) is 51.8 Å². The highest BCUT2D eigenvalue weighted by Crippen LogP contribution is 2.40. The fraction of sp³-hybridized carbons (Fsp3) is 0.0339. The molecule has 65 heavy (non-hydrogen) atoms. The molecule has 0 saturated heterocycles. The molecule has 5 heterocycles. The Balaban J connectivity index is 0.961. The quantitative estimate of drug-likeness (QED) is 0.153. The van der Waals surface area contributed by atoms with Crippen LogP contribution in [-0.4, -0.2) is 24.1 Å². The fourth-order valence-electron chi connectivity index (χ4n) is 9.38. The lowest BCUT2D eigenvalue weighted by molar-refractivity contribution is 1.14. The molecule has 7 aromatic carbocycles. The van der Waals surface area contributed by atoms with Crippen LogP contribution < -0.4 is 4.90 Å². The van der Waals surface area contributed by atoms with Gasteiger partial charge in [-0.25, -0.2) is 4.98 Å². The molecule has 0 aliphatic rings. The van der Waals surface area contributed by atoms with Gasteiger partial charge in [-0.05, 0) is 146 Å². The van der Waals surface area contributed by atoms with Crippen molar-refractivity contribution in [2.45, 2.75) is 13.8 Å². The van der Waals surface area contributed by atoms with Gasteiger partial charge < -0.3 is 14.0 Å². The second-order valence-corrected chi connectivity index (χ2v) is 16.7. The Morgan fingerprint density at radius 1 is 0.338 bits per heavy atom. The van der Waals surface area contributed by atoms with Crippen molar-refractivity contribution in [2.24, 2.45) is 0 Å². The Kier molecular flexibility index (Phi) is 9.16. The summed E-state index contributed by atoms with van der Waals surface area (Å²) in [5, 5.41) is 4.80. The van der Waals surface area contributed by atoms with Crippen LogP contribution in [0.1, 0.15) is 11.1 Å². The van der Waals surface area contributed by atoms with E-state index in [1.165, 1.54) is 49.3 Å². The molecule has 0 saturated carbocycles. The predicted molar refractivity (Wildman–Crippen MR) is 269 cm³/mol. The van der Waals surface area contributed by atoms with E-state index < -0.39 is 0 Å². The molecule has 6 nitrogen and oxygen atoms in total. The molecule has 0 fully saturated rings. The minimum absolute atomic E-state index is 0.793. The van der Waals surface area contributed by atoms with Gasteiger partial charge in [0.05, 0.1) is 50.5 Å². The zero-order valence-corrected chi connectivity index (χ0v) is 36.0. The van der Waals surface area contributed by atoms with E-state index in [2.05, 4.69) is 208 Å². The molecule has 308 valence electrons. The largest absolute Gasteiger partial charge is 0.311 e. The van der Waals surface area contributed by atoms with E-state index >= 15 is 0 Å². The lowest BCUT2D eigenvalue weighted by Gasteiger charge is -2.26. The van der Waals surface area contributed by atoms with Gasteiger partial charge in [0, 0.05) is 56.7 Å². The van der Waals surface area contributed by atoms with Gasteiger partial charge in [0.15, 0.2) is 0 Å². The third-order valence-electron chi connectivity index (χ3n) is 12.6. The third-order valence-corrected chi connectivity index (χ3v) is 12.6. The number of aryl methyl sites for hydroxylation is 2. The number of benzene rings is 7. The van der Waals surface area contributed by atoms with Crippen molar-refractivity contribution in [2.75, 3.05) is 4.90 Å². The highest BCUT2D eigenvalue weighted by molar-refractivity contribution is 6.12. The number of para-hydroxylation sites is 2. The molecule has 12 aromatic rings. The highest BCUT2D eigenvalue weighted by Gasteiger charge is 2.19. The maximum Gasteiger partial charge on any atom is 0.0915 e. The van der Waals surface area contributed by atoms with Crippen molar-refractivity contribution in [1.82, 2.24) is 24.1 Å². The Hall–Kier alpha value is -8.61. The molecule has 0 aliphatic heterocycles. The van der Waals surface area contributed by atoms with Crippen molar-refractivity contribution in [3.05, 3.63) is 230 Å². The van der Waals surface area contributed by atoms with E-state index in [-0.39, 0.29) is 0 Å². The standard InChI is InChI=1S/C59H42N6/c1-39-17-23-43(24-18-39)63(44-25-19-40(2)20-26-44)45-27-29-46(30-28-45)64-56-15-5-3-11-48(56)50-35-41(21-31-58(50)64)42-22-32-59-51(36-42)49-12-4-6-16-57(49)65(59)47-37-54(52-13-7-9-33-60-52)62-55(38-47)53-14-8-10-34-61-53/h3-38H,1-2H3. The average Bonchev–Trinajstić information content (AvgIpc) is 3.88. The number of hydrogen-bond acceptors (Lipinski definition) is 4. The molecule has 6 heteroatoms. The van der Waals surface area contributed by atoms with E-state index in [0.717, 1.165) is 67.8 Å². The highest BCUT2D eigenvalue weighted by atomic mass is 15.1. The number of aromatic nitrogens is 5. The number of rotatable bonds is 8. The normalized spacial score (nSPS) is 11.5. The van der Waals surface area contributed by atoms with Gasteiger partial charge >= 0.3 is 0 Å². The summed E-state index contributed by atoms with van der Waals surface area (Å²) in [7, 11) is 0. The van der Waals surface area contributed by atoms with Gasteiger partial charge in [-0.1, -0.05) is 96.1 Å². The Labute approximate surface area is 377 Å². The number of nitrogens with zero attached hydrogens (tertiary/aromatic N) is 6. The zero-order valence-electron chi connectivity index (χ0n) is 36.0. The number of fused-ring (bicyclic) bond motifs is 6. The molecule has 0 unspecified atom stereocenters. The molecule has 0 bridgehead atoms. The van der Waals surface area contributed by atoms with Gasteiger partial charge in [0.2, 0.25) is 0 Å². The minimum Gasteiger partial charge on any atom is -0.311 e. The molecule has 0 spiro atoms.